The summed E-state index contributed by atoms with van der Waals surface area (Å²) in [5.41, 5.74) is 1.97. The fraction of sp³-hybridized carbons (Fsp3) is 0.429. The molecule has 10 heteroatoms. The van der Waals surface area contributed by atoms with Gasteiger partial charge in [-0.1, -0.05) is 17.3 Å². The highest BCUT2D eigenvalue weighted by atomic mass is 19.4. The predicted octanol–water partition coefficient (Wildman–Crippen LogP) is 6.84. The van der Waals surface area contributed by atoms with Gasteiger partial charge in [0.25, 0.3) is 0 Å². The summed E-state index contributed by atoms with van der Waals surface area (Å²) in [7, 11) is 0. The number of hydrogen-bond donors (Lipinski definition) is 0. The molecule has 0 amide bonds. The summed E-state index contributed by atoms with van der Waals surface area (Å²) in [5.74, 6) is -0.00632. The summed E-state index contributed by atoms with van der Waals surface area (Å²) in [5, 5.41) is 13.2. The van der Waals surface area contributed by atoms with E-state index in [0.717, 1.165) is 44.2 Å². The molecule has 2 aromatic carbocycles. The van der Waals surface area contributed by atoms with E-state index in [-0.39, 0.29) is 47.6 Å². The van der Waals surface area contributed by atoms with Crippen molar-refractivity contribution in [2.75, 3.05) is 4.90 Å². The Hall–Kier alpha value is -3.58. The van der Waals surface area contributed by atoms with Crippen LogP contribution < -0.4 is 9.64 Å². The number of halogens is 4. The Morgan fingerprint density at radius 1 is 1.05 bits per heavy atom. The normalized spacial score (nSPS) is 22.9. The van der Waals surface area contributed by atoms with Crippen LogP contribution in [-0.2, 0) is 11.3 Å². The van der Waals surface area contributed by atoms with E-state index >= 15 is 0 Å². The lowest BCUT2D eigenvalue weighted by molar-refractivity contribution is -0.274. The molecule has 2 saturated heterocycles. The van der Waals surface area contributed by atoms with Crippen molar-refractivity contribution in [3.05, 3.63) is 65.2 Å². The van der Waals surface area contributed by atoms with Crippen LogP contribution in [0.1, 0.15) is 61.3 Å². The van der Waals surface area contributed by atoms with Crippen LogP contribution in [0.5, 0.6) is 5.75 Å². The minimum absolute atomic E-state index is 0.0255. The molecule has 1 saturated carbocycles. The first kappa shape index (κ1) is 24.7. The zero-order valence-corrected chi connectivity index (χ0v) is 20.4. The number of piperidine rings is 1. The molecule has 3 heterocycles. The average Bonchev–Trinajstić information content (AvgIpc) is 3.58. The van der Waals surface area contributed by atoms with E-state index < -0.39 is 12.2 Å². The van der Waals surface area contributed by atoms with E-state index in [2.05, 4.69) is 14.8 Å². The number of ether oxygens (including phenoxy) is 2. The molecule has 6 nitrogen and oxygen atoms in total. The molecule has 198 valence electrons. The van der Waals surface area contributed by atoms with E-state index in [9.17, 15) is 17.6 Å². The van der Waals surface area contributed by atoms with Crippen molar-refractivity contribution in [3.63, 3.8) is 0 Å². The predicted molar refractivity (Wildman–Crippen MR) is 129 cm³/mol. The third-order valence-electron chi connectivity index (χ3n) is 7.66. The number of alkyl halides is 3. The molecule has 2 bridgehead atoms. The summed E-state index contributed by atoms with van der Waals surface area (Å²) in [4.78, 5) is 2.23. The number of hydrogen-bond acceptors (Lipinski definition) is 6. The van der Waals surface area contributed by atoms with Crippen molar-refractivity contribution < 1.29 is 31.6 Å². The lowest BCUT2D eigenvalue weighted by Gasteiger charge is -2.40. The van der Waals surface area contributed by atoms with Crippen LogP contribution in [0.15, 0.2) is 47.0 Å². The summed E-state index contributed by atoms with van der Waals surface area (Å²) in [6.07, 6.45) is 0.374. The van der Waals surface area contributed by atoms with Gasteiger partial charge in [0, 0.05) is 34.8 Å². The van der Waals surface area contributed by atoms with E-state index in [4.69, 9.17) is 14.5 Å². The molecule has 0 spiro atoms. The standard InChI is InChI=1S/C28H25F4N3O3/c29-24-13-20(8-7-17(24)14-33)35-18-9-10-19(35)12-21(11-18)36-15-23-26(34-38-27(23)16-5-6-16)22-3-1-2-4-25(22)37-28(30,31)32/h1-4,7-8,13,16,18-19,21H,5-6,9-12,15H2/t18-,19+,21+. The van der Waals surface area contributed by atoms with Crippen molar-refractivity contribution in [2.24, 2.45) is 0 Å². The molecule has 0 N–H and O–H groups in total. The van der Waals surface area contributed by atoms with Crippen LogP contribution in [0, 0.1) is 17.1 Å². The largest absolute Gasteiger partial charge is 0.573 e. The molecule has 1 aromatic heterocycles. The Morgan fingerprint density at radius 2 is 1.79 bits per heavy atom. The zero-order valence-electron chi connectivity index (χ0n) is 20.4. The molecule has 3 atom stereocenters. The monoisotopic (exact) mass is 527 g/mol. The first-order valence-electron chi connectivity index (χ1n) is 12.7. The molecule has 38 heavy (non-hydrogen) atoms. The van der Waals surface area contributed by atoms with Crippen LogP contribution in [0.3, 0.4) is 0 Å². The number of fused-ring (bicyclic) bond motifs is 2. The minimum atomic E-state index is -4.83. The van der Waals surface area contributed by atoms with E-state index in [0.29, 0.717) is 17.0 Å². The Balaban J connectivity index is 1.20. The number of nitriles is 1. The third-order valence-corrected chi connectivity index (χ3v) is 7.66. The van der Waals surface area contributed by atoms with Gasteiger partial charge >= 0.3 is 6.36 Å². The van der Waals surface area contributed by atoms with Crippen LogP contribution in [0.25, 0.3) is 11.3 Å². The summed E-state index contributed by atoms with van der Waals surface area (Å²) in [6.45, 7) is 0.167. The minimum Gasteiger partial charge on any atom is -0.405 e. The van der Waals surface area contributed by atoms with Gasteiger partial charge in [0.1, 0.15) is 29.1 Å². The van der Waals surface area contributed by atoms with Gasteiger partial charge in [-0.15, -0.1) is 13.2 Å². The molecule has 1 aliphatic carbocycles. The number of anilines is 1. The lowest BCUT2D eigenvalue weighted by Crippen LogP contribution is -2.45. The summed E-state index contributed by atoms with van der Waals surface area (Å²) >= 11 is 0. The average molecular weight is 528 g/mol. The second kappa shape index (κ2) is 9.62. The first-order chi connectivity index (χ1) is 18.3. The SMILES string of the molecule is N#Cc1ccc(N2[C@@H]3CC[C@H]2C[C@@H](OCc2c(-c4ccccc4OC(F)(F)F)noc2C2CC2)C3)cc1F. The van der Waals surface area contributed by atoms with Crippen molar-refractivity contribution in [1.82, 2.24) is 5.16 Å². The lowest BCUT2D eigenvalue weighted by atomic mass is 9.98. The second-order valence-electron chi connectivity index (χ2n) is 10.2. The molecule has 0 unspecified atom stereocenters. The van der Waals surface area contributed by atoms with Crippen LogP contribution in [0.2, 0.25) is 0 Å². The number of rotatable bonds is 7. The maximum Gasteiger partial charge on any atom is 0.573 e. The Kier molecular flexibility index (Phi) is 6.26. The highest BCUT2D eigenvalue weighted by Crippen LogP contribution is 2.46. The maximum absolute atomic E-state index is 14.3. The fourth-order valence-corrected chi connectivity index (χ4v) is 5.86. The topological polar surface area (TPSA) is 71.5 Å². The molecule has 3 aromatic rings. The quantitative estimate of drug-likeness (QED) is 0.313. The van der Waals surface area contributed by atoms with Gasteiger partial charge in [0.15, 0.2) is 0 Å². The number of benzene rings is 2. The number of aromatic nitrogens is 1. The molecule has 2 aliphatic heterocycles. The fourth-order valence-electron chi connectivity index (χ4n) is 5.86. The van der Waals surface area contributed by atoms with Gasteiger partial charge in [0.2, 0.25) is 0 Å². The van der Waals surface area contributed by atoms with Crippen LogP contribution in [-0.4, -0.2) is 29.7 Å². The van der Waals surface area contributed by atoms with Crippen molar-refractivity contribution in [1.29, 1.82) is 5.26 Å². The van der Waals surface area contributed by atoms with Crippen molar-refractivity contribution >= 4 is 5.69 Å². The number of nitrogens with zero attached hydrogens (tertiary/aromatic N) is 3. The Labute approximate surface area is 216 Å². The highest BCUT2D eigenvalue weighted by Gasteiger charge is 2.42. The van der Waals surface area contributed by atoms with Gasteiger partial charge in [-0.05, 0) is 68.9 Å². The van der Waals surface area contributed by atoms with Gasteiger partial charge in [0.05, 0.1) is 18.3 Å². The van der Waals surface area contributed by atoms with Gasteiger partial charge in [-0.2, -0.15) is 5.26 Å². The Bertz CT molecular complexity index is 1360. The Morgan fingerprint density at radius 3 is 2.45 bits per heavy atom. The van der Waals surface area contributed by atoms with E-state index in [1.54, 1.807) is 12.1 Å². The van der Waals surface area contributed by atoms with E-state index in [1.807, 2.05) is 6.07 Å². The summed E-state index contributed by atoms with van der Waals surface area (Å²) < 4.78 is 69.6. The van der Waals surface area contributed by atoms with Crippen LogP contribution >= 0.6 is 0 Å². The van der Waals surface area contributed by atoms with Crippen LogP contribution in [0.4, 0.5) is 23.2 Å². The molecule has 3 fully saturated rings. The summed E-state index contributed by atoms with van der Waals surface area (Å²) in [6, 6.07) is 12.9. The molecule has 3 aliphatic rings. The molecular formula is C28H25F4N3O3. The third kappa shape index (κ3) is 4.83. The maximum atomic E-state index is 14.3. The highest BCUT2D eigenvalue weighted by molar-refractivity contribution is 5.70. The molecule has 6 rings (SSSR count). The van der Waals surface area contributed by atoms with Gasteiger partial charge in [-0.3, -0.25) is 0 Å². The zero-order chi connectivity index (χ0) is 26.4. The van der Waals surface area contributed by atoms with E-state index in [1.165, 1.54) is 30.3 Å². The molecular weight excluding hydrogens is 502 g/mol. The second-order valence-corrected chi connectivity index (χ2v) is 10.2. The number of para-hydroxylation sites is 1. The smallest absolute Gasteiger partial charge is 0.405 e. The van der Waals surface area contributed by atoms with Gasteiger partial charge in [-0.25, -0.2) is 4.39 Å². The van der Waals surface area contributed by atoms with Crippen molar-refractivity contribution in [2.45, 2.75) is 75.6 Å². The van der Waals surface area contributed by atoms with Gasteiger partial charge < -0.3 is 18.9 Å². The molecule has 0 radical (unpaired) electrons. The van der Waals surface area contributed by atoms with Crippen molar-refractivity contribution in [3.8, 4) is 23.1 Å². The first-order valence-corrected chi connectivity index (χ1v) is 12.7.